The van der Waals surface area contributed by atoms with Crippen LogP contribution in [-0.4, -0.2) is 29.9 Å². The van der Waals surface area contributed by atoms with Crippen LogP contribution in [0.1, 0.15) is 27.2 Å². The van der Waals surface area contributed by atoms with Gasteiger partial charge >= 0.3 is 0 Å². The molecule has 1 aromatic heterocycles. The van der Waals surface area contributed by atoms with Gasteiger partial charge in [0.25, 0.3) is 5.91 Å². The predicted molar refractivity (Wildman–Crippen MR) is 85.7 cm³/mol. The molecule has 1 atom stereocenters. The van der Waals surface area contributed by atoms with Crippen molar-refractivity contribution in [2.24, 2.45) is 5.73 Å². The molecule has 21 heavy (non-hydrogen) atoms. The molecule has 4 rings (SSSR count). The van der Waals surface area contributed by atoms with Crippen molar-refractivity contribution in [2.75, 3.05) is 13.1 Å². The van der Waals surface area contributed by atoms with Gasteiger partial charge in [0.05, 0.1) is 4.88 Å². The van der Waals surface area contributed by atoms with Gasteiger partial charge in [0.15, 0.2) is 0 Å². The molecule has 1 aliphatic heterocycles. The third kappa shape index (κ3) is 2.19. The summed E-state index contributed by atoms with van der Waals surface area (Å²) in [6.45, 7) is 1.48. The predicted octanol–water partition coefficient (Wildman–Crippen LogP) is 2.69. The van der Waals surface area contributed by atoms with Crippen LogP contribution in [0.5, 0.6) is 0 Å². The van der Waals surface area contributed by atoms with Crippen LogP contribution in [0, 0.1) is 0 Å². The van der Waals surface area contributed by atoms with Gasteiger partial charge in [0.2, 0.25) is 0 Å². The van der Waals surface area contributed by atoms with Crippen LogP contribution < -0.4 is 5.73 Å². The van der Waals surface area contributed by atoms with E-state index in [2.05, 4.69) is 30.3 Å². The Labute approximate surface area is 128 Å². The standard InChI is InChI=1S/C17H18N2OS/c18-13-7-8-19(10-13)17(20)15-9-12-6-5-11-3-1-2-4-14(11)16(12)21-15/h1-4,9,13H,5-8,10,18H2/t13-/m1/s1. The van der Waals surface area contributed by atoms with Gasteiger partial charge in [-0.2, -0.15) is 0 Å². The number of thiophene rings is 1. The maximum Gasteiger partial charge on any atom is 0.264 e. The van der Waals surface area contributed by atoms with Gasteiger partial charge in [-0.3, -0.25) is 4.79 Å². The SMILES string of the molecule is N[C@@H]1CCN(C(=O)c2cc3c(s2)-c2ccccc2CC3)C1. The lowest BCUT2D eigenvalue weighted by molar-refractivity contribution is 0.0795. The Morgan fingerprint density at radius 3 is 2.86 bits per heavy atom. The lowest BCUT2D eigenvalue weighted by atomic mass is 9.91. The van der Waals surface area contributed by atoms with Crippen LogP contribution in [-0.2, 0) is 12.8 Å². The number of fused-ring (bicyclic) bond motifs is 3. The molecule has 1 saturated heterocycles. The van der Waals surface area contributed by atoms with E-state index < -0.39 is 0 Å². The molecule has 2 heterocycles. The zero-order valence-corrected chi connectivity index (χ0v) is 12.7. The molecule has 1 amide bonds. The molecule has 2 aromatic rings. The monoisotopic (exact) mass is 298 g/mol. The Bertz CT molecular complexity index is 707. The number of hydrogen-bond acceptors (Lipinski definition) is 3. The van der Waals surface area contributed by atoms with Crippen molar-refractivity contribution in [3.05, 3.63) is 46.3 Å². The summed E-state index contributed by atoms with van der Waals surface area (Å²) in [7, 11) is 0. The maximum atomic E-state index is 12.6. The number of benzene rings is 1. The Morgan fingerprint density at radius 1 is 1.24 bits per heavy atom. The van der Waals surface area contributed by atoms with Gasteiger partial charge < -0.3 is 10.6 Å². The number of nitrogens with two attached hydrogens (primary N) is 1. The van der Waals surface area contributed by atoms with E-state index in [-0.39, 0.29) is 11.9 Å². The lowest BCUT2D eigenvalue weighted by Gasteiger charge is -2.15. The summed E-state index contributed by atoms with van der Waals surface area (Å²) < 4.78 is 0. The number of likely N-dealkylation sites (tertiary alicyclic amines) is 1. The maximum absolute atomic E-state index is 12.6. The third-order valence-electron chi connectivity index (χ3n) is 4.46. The highest BCUT2D eigenvalue weighted by molar-refractivity contribution is 7.17. The van der Waals surface area contributed by atoms with Crippen molar-refractivity contribution < 1.29 is 4.79 Å². The van der Waals surface area contributed by atoms with Gasteiger partial charge in [0, 0.05) is 24.0 Å². The fourth-order valence-electron chi connectivity index (χ4n) is 3.30. The van der Waals surface area contributed by atoms with Gasteiger partial charge in [0.1, 0.15) is 0 Å². The number of amides is 1. The molecule has 108 valence electrons. The van der Waals surface area contributed by atoms with Gasteiger partial charge in [-0.05, 0) is 42.0 Å². The second-order valence-electron chi connectivity index (χ2n) is 5.92. The summed E-state index contributed by atoms with van der Waals surface area (Å²) in [4.78, 5) is 16.6. The normalized spacial score (nSPS) is 20.2. The minimum Gasteiger partial charge on any atom is -0.336 e. The topological polar surface area (TPSA) is 46.3 Å². The molecule has 0 spiro atoms. The summed E-state index contributed by atoms with van der Waals surface area (Å²) in [6, 6.07) is 10.8. The lowest BCUT2D eigenvalue weighted by Crippen LogP contribution is -2.31. The van der Waals surface area contributed by atoms with Gasteiger partial charge in [-0.15, -0.1) is 11.3 Å². The fourth-order valence-corrected chi connectivity index (χ4v) is 4.54. The van der Waals surface area contributed by atoms with Crippen LogP contribution in [0.2, 0.25) is 0 Å². The van der Waals surface area contributed by atoms with E-state index in [1.54, 1.807) is 11.3 Å². The van der Waals surface area contributed by atoms with Crippen LogP contribution in [0.4, 0.5) is 0 Å². The van der Waals surface area contributed by atoms with E-state index in [1.165, 1.54) is 21.6 Å². The first-order valence-corrected chi connectivity index (χ1v) is 8.30. The first kappa shape index (κ1) is 13.0. The van der Waals surface area contributed by atoms with Crippen molar-refractivity contribution in [2.45, 2.75) is 25.3 Å². The number of rotatable bonds is 1. The molecule has 4 heteroatoms. The average molecular weight is 298 g/mol. The van der Waals surface area contributed by atoms with Crippen molar-refractivity contribution in [3.8, 4) is 10.4 Å². The van der Waals surface area contributed by atoms with E-state index in [0.717, 1.165) is 30.7 Å². The molecule has 0 bridgehead atoms. The van der Waals surface area contributed by atoms with Crippen LogP contribution in [0.15, 0.2) is 30.3 Å². The first-order valence-electron chi connectivity index (χ1n) is 7.48. The van der Waals surface area contributed by atoms with Crippen LogP contribution >= 0.6 is 11.3 Å². The Balaban J connectivity index is 1.69. The van der Waals surface area contributed by atoms with Gasteiger partial charge in [-0.25, -0.2) is 0 Å². The molecule has 0 saturated carbocycles. The number of carbonyl (C=O) groups is 1. The largest absolute Gasteiger partial charge is 0.336 e. The average Bonchev–Trinajstić information content (AvgIpc) is 3.12. The van der Waals surface area contributed by atoms with Crippen molar-refractivity contribution in [1.82, 2.24) is 4.90 Å². The minimum absolute atomic E-state index is 0.143. The number of hydrogen-bond donors (Lipinski definition) is 1. The zero-order valence-electron chi connectivity index (χ0n) is 11.8. The smallest absolute Gasteiger partial charge is 0.264 e. The highest BCUT2D eigenvalue weighted by Gasteiger charge is 2.27. The second kappa shape index (κ2) is 4.97. The summed E-state index contributed by atoms with van der Waals surface area (Å²) in [5, 5.41) is 0. The van der Waals surface area contributed by atoms with E-state index in [4.69, 9.17) is 5.73 Å². The Hall–Kier alpha value is -1.65. The highest BCUT2D eigenvalue weighted by Crippen LogP contribution is 2.39. The molecular weight excluding hydrogens is 280 g/mol. The number of carbonyl (C=O) groups excluding carboxylic acids is 1. The summed E-state index contributed by atoms with van der Waals surface area (Å²) >= 11 is 1.64. The van der Waals surface area contributed by atoms with E-state index in [0.29, 0.717) is 6.54 Å². The van der Waals surface area contributed by atoms with E-state index >= 15 is 0 Å². The van der Waals surface area contributed by atoms with Crippen LogP contribution in [0.25, 0.3) is 10.4 Å². The minimum atomic E-state index is 0.143. The molecule has 2 aliphatic rings. The summed E-state index contributed by atoms with van der Waals surface area (Å²) in [5.41, 5.74) is 9.94. The number of nitrogens with zero attached hydrogens (tertiary/aromatic N) is 1. The zero-order chi connectivity index (χ0) is 14.4. The van der Waals surface area contributed by atoms with Crippen molar-refractivity contribution >= 4 is 17.2 Å². The van der Waals surface area contributed by atoms with Crippen LogP contribution in [0.3, 0.4) is 0 Å². The summed E-state index contributed by atoms with van der Waals surface area (Å²) in [6.07, 6.45) is 3.03. The summed E-state index contributed by atoms with van der Waals surface area (Å²) in [5.74, 6) is 0.153. The quantitative estimate of drug-likeness (QED) is 0.880. The molecule has 1 fully saturated rings. The molecular formula is C17H18N2OS. The number of aryl methyl sites for hydroxylation is 2. The fraction of sp³-hybridized carbons (Fsp3) is 0.353. The van der Waals surface area contributed by atoms with E-state index in [9.17, 15) is 4.79 Å². The van der Waals surface area contributed by atoms with Crippen molar-refractivity contribution in [3.63, 3.8) is 0 Å². The van der Waals surface area contributed by atoms with E-state index in [1.807, 2.05) is 4.90 Å². The molecule has 1 aliphatic carbocycles. The molecule has 0 radical (unpaired) electrons. The Kier molecular flexibility index (Phi) is 3.08. The molecule has 2 N–H and O–H groups in total. The highest BCUT2D eigenvalue weighted by atomic mass is 32.1. The van der Waals surface area contributed by atoms with Gasteiger partial charge in [-0.1, -0.05) is 24.3 Å². The molecule has 1 aromatic carbocycles. The first-order chi connectivity index (χ1) is 10.2. The molecule has 3 nitrogen and oxygen atoms in total. The van der Waals surface area contributed by atoms with Crippen molar-refractivity contribution in [1.29, 1.82) is 0 Å². The third-order valence-corrected chi connectivity index (χ3v) is 5.66. The Morgan fingerprint density at radius 2 is 2.05 bits per heavy atom. The molecule has 0 unspecified atom stereocenters. The second-order valence-corrected chi connectivity index (χ2v) is 6.97.